The van der Waals surface area contributed by atoms with Crippen LogP contribution in [0.15, 0.2) is 42.5 Å². The normalized spacial score (nSPS) is 16.7. The van der Waals surface area contributed by atoms with Gasteiger partial charge in [0.1, 0.15) is 11.5 Å². The molecule has 0 atom stereocenters. The van der Waals surface area contributed by atoms with E-state index in [1.165, 1.54) is 108 Å². The summed E-state index contributed by atoms with van der Waals surface area (Å²) in [6.07, 6.45) is 23.0. The van der Waals surface area contributed by atoms with Gasteiger partial charge in [-0.15, -0.1) is 0 Å². The molecule has 1 saturated carbocycles. The van der Waals surface area contributed by atoms with Crippen molar-refractivity contribution in [2.45, 2.75) is 129 Å². The predicted octanol–water partition coefficient (Wildman–Crippen LogP) is 11.1. The van der Waals surface area contributed by atoms with Crippen molar-refractivity contribution >= 4 is 5.97 Å². The van der Waals surface area contributed by atoms with Crippen LogP contribution >= 0.6 is 0 Å². The molecule has 1 aliphatic carbocycles. The first kappa shape index (κ1) is 33.9. The molecule has 0 spiro atoms. The zero-order valence-electron chi connectivity index (χ0n) is 26.3. The van der Waals surface area contributed by atoms with Crippen molar-refractivity contribution in [1.29, 1.82) is 0 Å². The minimum atomic E-state index is -0.600. The van der Waals surface area contributed by atoms with Crippen LogP contribution in [0.4, 0.5) is 4.39 Å². The molecule has 2 aromatic rings. The molecule has 0 radical (unpaired) electrons. The van der Waals surface area contributed by atoms with E-state index in [1.54, 1.807) is 18.2 Å². The summed E-state index contributed by atoms with van der Waals surface area (Å²) in [5.41, 5.74) is 0.155. The summed E-state index contributed by atoms with van der Waals surface area (Å²) in [6.45, 7) is 5.68. The maximum Gasteiger partial charge on any atom is 0.343 e. The van der Waals surface area contributed by atoms with Crippen molar-refractivity contribution in [2.75, 3.05) is 13.2 Å². The van der Waals surface area contributed by atoms with Gasteiger partial charge in [-0.25, -0.2) is 9.18 Å². The minimum Gasteiger partial charge on any atom is -0.494 e. The van der Waals surface area contributed by atoms with Crippen molar-refractivity contribution in [3.05, 3.63) is 53.8 Å². The van der Waals surface area contributed by atoms with Crippen LogP contribution in [0.3, 0.4) is 0 Å². The van der Waals surface area contributed by atoms with Crippen LogP contribution < -0.4 is 14.2 Å². The van der Waals surface area contributed by atoms with E-state index >= 15 is 0 Å². The van der Waals surface area contributed by atoms with Crippen LogP contribution in [0.5, 0.6) is 17.2 Å². The number of hydrogen-bond donors (Lipinski definition) is 0. The molecule has 1 fully saturated rings. The molecule has 4 nitrogen and oxygen atoms in total. The lowest BCUT2D eigenvalue weighted by Gasteiger charge is -2.28. The number of carbonyl (C=O) groups is 1. The van der Waals surface area contributed by atoms with Crippen LogP contribution in [-0.2, 0) is 0 Å². The first-order valence-corrected chi connectivity index (χ1v) is 17.0. The molecule has 0 heterocycles. The zero-order chi connectivity index (χ0) is 29.8. The Morgan fingerprint density at radius 3 is 1.86 bits per heavy atom. The fourth-order valence-corrected chi connectivity index (χ4v) is 5.99. The SMILES string of the molecule is CCCCCCCCCCOc1ccc(C(=O)Oc2ccc(OCCCC3CCC(CCCCC)CC3)cc2)cc1F. The average molecular weight is 583 g/mol. The van der Waals surface area contributed by atoms with Gasteiger partial charge in [-0.3, -0.25) is 0 Å². The summed E-state index contributed by atoms with van der Waals surface area (Å²) < 4.78 is 31.5. The van der Waals surface area contributed by atoms with Crippen LogP contribution in [0, 0.1) is 17.7 Å². The van der Waals surface area contributed by atoms with E-state index in [2.05, 4.69) is 13.8 Å². The monoisotopic (exact) mass is 582 g/mol. The van der Waals surface area contributed by atoms with E-state index in [4.69, 9.17) is 14.2 Å². The number of carbonyl (C=O) groups excluding carboxylic acids is 1. The van der Waals surface area contributed by atoms with E-state index in [0.29, 0.717) is 19.0 Å². The largest absolute Gasteiger partial charge is 0.494 e. The average Bonchev–Trinajstić information content (AvgIpc) is 3.00. The number of benzene rings is 2. The summed E-state index contributed by atoms with van der Waals surface area (Å²) in [5, 5.41) is 0. The van der Waals surface area contributed by atoms with Gasteiger partial charge in [0.05, 0.1) is 18.8 Å². The topological polar surface area (TPSA) is 44.8 Å². The smallest absolute Gasteiger partial charge is 0.343 e. The summed E-state index contributed by atoms with van der Waals surface area (Å²) in [6, 6.07) is 11.3. The Hall–Kier alpha value is -2.56. The fourth-order valence-electron chi connectivity index (χ4n) is 5.99. The van der Waals surface area contributed by atoms with Crippen LogP contribution in [0.2, 0.25) is 0 Å². The molecule has 3 rings (SSSR count). The standard InChI is InChI=1S/C37H55FO4/c1-3-5-7-8-9-10-11-13-27-41-36-26-21-32(29-35(36)38)37(39)42-34-24-22-33(23-25-34)40-28-14-16-31-19-17-30(18-20-31)15-12-6-4-2/h21-26,29-31H,3-20,27-28H2,1-2H3. The molecule has 0 N–H and O–H groups in total. The number of rotatable bonds is 21. The zero-order valence-corrected chi connectivity index (χ0v) is 26.3. The quantitative estimate of drug-likeness (QED) is 0.0834. The number of halogens is 1. The van der Waals surface area contributed by atoms with Crippen molar-refractivity contribution in [2.24, 2.45) is 11.8 Å². The highest BCUT2D eigenvalue weighted by Crippen LogP contribution is 2.34. The van der Waals surface area contributed by atoms with E-state index in [1.807, 2.05) is 12.1 Å². The van der Waals surface area contributed by atoms with Gasteiger partial charge in [-0.1, -0.05) is 110 Å². The van der Waals surface area contributed by atoms with Crippen LogP contribution in [0.1, 0.15) is 140 Å². The third kappa shape index (κ3) is 13.2. The summed E-state index contributed by atoms with van der Waals surface area (Å²) in [5.74, 6) is 1.99. The predicted molar refractivity (Wildman–Crippen MR) is 170 cm³/mol. The van der Waals surface area contributed by atoms with E-state index in [-0.39, 0.29) is 11.3 Å². The molecule has 1 aliphatic rings. The lowest BCUT2D eigenvalue weighted by Crippen LogP contribution is -2.15. The molecule has 0 saturated heterocycles. The number of hydrogen-bond acceptors (Lipinski definition) is 4. The third-order valence-electron chi connectivity index (χ3n) is 8.67. The molecule has 2 aromatic carbocycles. The van der Waals surface area contributed by atoms with Gasteiger partial charge < -0.3 is 14.2 Å². The lowest BCUT2D eigenvalue weighted by atomic mass is 9.78. The van der Waals surface area contributed by atoms with Gasteiger partial charge in [-0.05, 0) is 73.6 Å². The lowest BCUT2D eigenvalue weighted by molar-refractivity contribution is 0.0734. The molecule has 0 aliphatic heterocycles. The molecule has 0 bridgehead atoms. The Kier molecular flexibility index (Phi) is 16.5. The Morgan fingerprint density at radius 2 is 1.21 bits per heavy atom. The number of ether oxygens (including phenoxy) is 3. The van der Waals surface area contributed by atoms with Crippen molar-refractivity contribution < 1.29 is 23.4 Å². The third-order valence-corrected chi connectivity index (χ3v) is 8.67. The van der Waals surface area contributed by atoms with Gasteiger partial charge >= 0.3 is 5.97 Å². The minimum absolute atomic E-state index is 0.155. The van der Waals surface area contributed by atoms with Crippen molar-refractivity contribution in [3.63, 3.8) is 0 Å². The first-order valence-electron chi connectivity index (χ1n) is 17.0. The molecule has 0 unspecified atom stereocenters. The molecular weight excluding hydrogens is 527 g/mol. The van der Waals surface area contributed by atoms with Gasteiger partial charge in [0, 0.05) is 0 Å². The van der Waals surface area contributed by atoms with Crippen LogP contribution in [0.25, 0.3) is 0 Å². The Bertz CT molecular complexity index is 997. The van der Waals surface area contributed by atoms with Gasteiger partial charge in [0.15, 0.2) is 11.6 Å². The Labute approximate surface area is 254 Å². The van der Waals surface area contributed by atoms with Gasteiger partial charge in [-0.2, -0.15) is 0 Å². The molecule has 0 aromatic heterocycles. The first-order chi connectivity index (χ1) is 20.6. The molecular formula is C37H55FO4. The second kappa shape index (κ2) is 20.4. The highest BCUT2D eigenvalue weighted by atomic mass is 19.1. The van der Waals surface area contributed by atoms with E-state index in [9.17, 15) is 9.18 Å². The Morgan fingerprint density at radius 1 is 0.667 bits per heavy atom. The van der Waals surface area contributed by atoms with Crippen LogP contribution in [-0.4, -0.2) is 19.2 Å². The highest BCUT2D eigenvalue weighted by Gasteiger charge is 2.20. The molecule has 5 heteroatoms. The van der Waals surface area contributed by atoms with Crippen molar-refractivity contribution in [3.8, 4) is 17.2 Å². The summed E-state index contributed by atoms with van der Waals surface area (Å²) in [4.78, 5) is 12.6. The summed E-state index contributed by atoms with van der Waals surface area (Å²) in [7, 11) is 0. The fraction of sp³-hybridized carbons (Fsp3) is 0.649. The maximum atomic E-state index is 14.5. The van der Waals surface area contributed by atoms with Crippen molar-refractivity contribution in [1.82, 2.24) is 0 Å². The number of esters is 1. The highest BCUT2D eigenvalue weighted by molar-refractivity contribution is 5.91. The molecule has 234 valence electrons. The second-order valence-electron chi connectivity index (χ2n) is 12.2. The molecule has 42 heavy (non-hydrogen) atoms. The van der Waals surface area contributed by atoms with E-state index in [0.717, 1.165) is 36.8 Å². The molecule has 0 amide bonds. The van der Waals surface area contributed by atoms with Gasteiger partial charge in [0.2, 0.25) is 0 Å². The van der Waals surface area contributed by atoms with E-state index < -0.39 is 11.8 Å². The number of unbranched alkanes of at least 4 members (excludes halogenated alkanes) is 9. The maximum absolute atomic E-state index is 14.5. The van der Waals surface area contributed by atoms with Gasteiger partial charge in [0.25, 0.3) is 0 Å². The summed E-state index contributed by atoms with van der Waals surface area (Å²) >= 11 is 0. The second-order valence-corrected chi connectivity index (χ2v) is 12.2. The Balaban J connectivity index is 1.29.